The topological polar surface area (TPSA) is 96.9 Å². The molecular formula is C18H16N4O2. The molecule has 0 saturated heterocycles. The average Bonchev–Trinajstić information content (AvgIpc) is 3.12. The quantitative estimate of drug-likeness (QED) is 0.537. The first-order valence-corrected chi connectivity index (χ1v) is 7.62. The van der Waals surface area contributed by atoms with E-state index in [-0.39, 0.29) is 5.69 Å². The minimum Gasteiger partial charge on any atom is -0.461 e. The number of aromatic nitrogens is 2. The Kier molecular flexibility index (Phi) is 3.23. The molecule has 0 fully saturated rings. The maximum Gasteiger partial charge on any atom is 0.269 e. The van der Waals surface area contributed by atoms with E-state index in [1.54, 1.807) is 0 Å². The smallest absolute Gasteiger partial charge is 0.269 e. The van der Waals surface area contributed by atoms with Gasteiger partial charge in [0.1, 0.15) is 11.3 Å². The summed E-state index contributed by atoms with van der Waals surface area (Å²) in [5.41, 5.74) is 9.27. The van der Waals surface area contributed by atoms with E-state index in [0.29, 0.717) is 11.9 Å². The number of anilines is 1. The number of hydrogen-bond donors (Lipinski definition) is 3. The number of carbonyl (C=O) groups excluding carboxylic acids is 1. The third-order valence-corrected chi connectivity index (χ3v) is 4.17. The Balaban J connectivity index is 1.65. The zero-order valence-corrected chi connectivity index (χ0v) is 13.1. The van der Waals surface area contributed by atoms with E-state index in [4.69, 9.17) is 10.2 Å². The lowest BCUT2D eigenvalue weighted by Crippen LogP contribution is -2.11. The molecule has 0 atom stereocenters. The first-order valence-electron chi connectivity index (χ1n) is 7.62. The summed E-state index contributed by atoms with van der Waals surface area (Å²) in [5.74, 6) is 0.348. The van der Waals surface area contributed by atoms with E-state index in [1.165, 1.54) is 0 Å². The van der Waals surface area contributed by atoms with E-state index in [9.17, 15) is 4.79 Å². The second-order valence-corrected chi connectivity index (χ2v) is 5.68. The van der Waals surface area contributed by atoms with Crippen LogP contribution in [0.15, 0.2) is 46.9 Å². The summed E-state index contributed by atoms with van der Waals surface area (Å²) in [6, 6.07) is 13.6. The molecule has 2 aromatic carbocycles. The summed E-state index contributed by atoms with van der Waals surface area (Å²) in [7, 11) is 0. The Labute approximate surface area is 137 Å². The van der Waals surface area contributed by atoms with Crippen LogP contribution in [0.25, 0.3) is 21.9 Å². The van der Waals surface area contributed by atoms with Crippen LogP contribution in [0, 0.1) is 6.92 Å². The van der Waals surface area contributed by atoms with E-state index in [2.05, 4.69) is 15.5 Å². The van der Waals surface area contributed by atoms with E-state index in [0.717, 1.165) is 33.5 Å². The van der Waals surface area contributed by atoms with Crippen LogP contribution >= 0.6 is 0 Å². The van der Waals surface area contributed by atoms with Gasteiger partial charge in [0.05, 0.1) is 5.52 Å². The number of furan rings is 1. The molecule has 0 spiro atoms. The number of hydrogen-bond acceptors (Lipinski definition) is 4. The second kappa shape index (κ2) is 5.42. The maximum atomic E-state index is 11.4. The summed E-state index contributed by atoms with van der Waals surface area (Å²) in [6.07, 6.45) is 0. The van der Waals surface area contributed by atoms with Crippen LogP contribution in [0.4, 0.5) is 5.69 Å². The predicted molar refractivity (Wildman–Crippen MR) is 92.9 cm³/mol. The van der Waals surface area contributed by atoms with Crippen LogP contribution in [-0.4, -0.2) is 16.1 Å². The van der Waals surface area contributed by atoms with Crippen LogP contribution in [0.2, 0.25) is 0 Å². The molecule has 2 heterocycles. The number of carbonyl (C=O) groups is 1. The molecule has 2 aromatic heterocycles. The SMILES string of the molecule is Cc1oc2ccccc2c1CNc1ccc2[nH]nc(C(N)=O)c2c1. The van der Waals surface area contributed by atoms with Crippen LogP contribution in [0.5, 0.6) is 0 Å². The van der Waals surface area contributed by atoms with Gasteiger partial charge in [0.15, 0.2) is 5.69 Å². The number of H-pyrrole nitrogens is 1. The minimum absolute atomic E-state index is 0.249. The Morgan fingerprint density at radius 3 is 2.92 bits per heavy atom. The van der Waals surface area contributed by atoms with Crippen molar-refractivity contribution in [1.29, 1.82) is 0 Å². The van der Waals surface area contributed by atoms with Crippen molar-refractivity contribution in [2.24, 2.45) is 5.73 Å². The molecule has 6 nitrogen and oxygen atoms in total. The third-order valence-electron chi connectivity index (χ3n) is 4.17. The number of nitrogens with two attached hydrogens (primary N) is 1. The normalized spacial score (nSPS) is 11.2. The maximum absolute atomic E-state index is 11.4. The number of para-hydroxylation sites is 1. The number of nitrogens with one attached hydrogen (secondary N) is 2. The molecule has 4 aromatic rings. The van der Waals surface area contributed by atoms with Crippen LogP contribution in [0.1, 0.15) is 21.8 Å². The van der Waals surface area contributed by atoms with Gasteiger partial charge < -0.3 is 15.5 Å². The molecule has 120 valence electrons. The Hall–Kier alpha value is -3.28. The van der Waals surface area contributed by atoms with Crippen molar-refractivity contribution >= 4 is 33.5 Å². The van der Waals surface area contributed by atoms with Gasteiger partial charge in [-0.05, 0) is 31.2 Å². The van der Waals surface area contributed by atoms with Gasteiger partial charge in [-0.3, -0.25) is 9.89 Å². The lowest BCUT2D eigenvalue weighted by Gasteiger charge is -2.06. The lowest BCUT2D eigenvalue weighted by molar-refractivity contribution is 0.0997. The van der Waals surface area contributed by atoms with E-state index in [1.807, 2.05) is 49.4 Å². The summed E-state index contributed by atoms with van der Waals surface area (Å²) >= 11 is 0. The Morgan fingerprint density at radius 1 is 1.25 bits per heavy atom. The lowest BCUT2D eigenvalue weighted by atomic mass is 10.1. The summed E-state index contributed by atoms with van der Waals surface area (Å²) in [5, 5.41) is 12.0. The number of benzene rings is 2. The fourth-order valence-electron chi connectivity index (χ4n) is 2.94. The minimum atomic E-state index is -0.546. The molecule has 0 unspecified atom stereocenters. The second-order valence-electron chi connectivity index (χ2n) is 5.68. The monoisotopic (exact) mass is 320 g/mol. The number of fused-ring (bicyclic) bond motifs is 2. The molecule has 6 heteroatoms. The van der Waals surface area contributed by atoms with Crippen molar-refractivity contribution < 1.29 is 9.21 Å². The molecule has 0 radical (unpaired) electrons. The molecule has 0 bridgehead atoms. The van der Waals surface area contributed by atoms with Crippen LogP contribution in [0.3, 0.4) is 0 Å². The van der Waals surface area contributed by atoms with Gasteiger partial charge in [-0.25, -0.2) is 0 Å². The predicted octanol–water partition coefficient (Wildman–Crippen LogP) is 3.33. The van der Waals surface area contributed by atoms with Crippen molar-refractivity contribution in [3.05, 3.63) is 59.5 Å². The summed E-state index contributed by atoms with van der Waals surface area (Å²) < 4.78 is 5.78. The standard InChI is InChI=1S/C18H16N4O2/c1-10-14(12-4-2-3-5-16(12)24-10)9-20-11-6-7-15-13(8-11)17(18(19)23)22-21-15/h2-8,20H,9H2,1H3,(H2,19,23)(H,21,22). The van der Waals surface area contributed by atoms with Crippen LogP contribution < -0.4 is 11.1 Å². The highest BCUT2D eigenvalue weighted by molar-refractivity contribution is 6.04. The molecule has 0 aliphatic rings. The number of amides is 1. The molecule has 24 heavy (non-hydrogen) atoms. The molecule has 0 saturated carbocycles. The Bertz CT molecular complexity index is 1060. The van der Waals surface area contributed by atoms with E-state index >= 15 is 0 Å². The Morgan fingerprint density at radius 2 is 2.08 bits per heavy atom. The van der Waals surface area contributed by atoms with Gasteiger partial charge in [-0.2, -0.15) is 5.10 Å². The highest BCUT2D eigenvalue weighted by Crippen LogP contribution is 2.27. The third kappa shape index (κ3) is 2.28. The average molecular weight is 320 g/mol. The van der Waals surface area contributed by atoms with Gasteiger partial charge >= 0.3 is 0 Å². The fourth-order valence-corrected chi connectivity index (χ4v) is 2.94. The first-order chi connectivity index (χ1) is 11.6. The van der Waals surface area contributed by atoms with Crippen LogP contribution in [-0.2, 0) is 6.54 Å². The van der Waals surface area contributed by atoms with Crippen molar-refractivity contribution in [2.75, 3.05) is 5.32 Å². The van der Waals surface area contributed by atoms with Gasteiger partial charge in [0, 0.05) is 28.6 Å². The molecule has 0 aliphatic heterocycles. The van der Waals surface area contributed by atoms with Crippen molar-refractivity contribution in [3.8, 4) is 0 Å². The van der Waals surface area contributed by atoms with Gasteiger partial charge in [0.25, 0.3) is 5.91 Å². The number of aromatic amines is 1. The molecule has 1 amide bonds. The first kappa shape index (κ1) is 14.3. The van der Waals surface area contributed by atoms with Gasteiger partial charge in [0.2, 0.25) is 0 Å². The number of rotatable bonds is 4. The highest BCUT2D eigenvalue weighted by atomic mass is 16.3. The molecule has 0 aliphatic carbocycles. The summed E-state index contributed by atoms with van der Waals surface area (Å²) in [6.45, 7) is 2.58. The highest BCUT2D eigenvalue weighted by Gasteiger charge is 2.13. The summed E-state index contributed by atoms with van der Waals surface area (Å²) in [4.78, 5) is 11.4. The van der Waals surface area contributed by atoms with Crippen molar-refractivity contribution in [1.82, 2.24) is 10.2 Å². The van der Waals surface area contributed by atoms with E-state index < -0.39 is 5.91 Å². The molecule has 4 rings (SSSR count). The zero-order chi connectivity index (χ0) is 16.7. The largest absolute Gasteiger partial charge is 0.461 e. The molecule has 4 N–H and O–H groups in total. The number of primary amides is 1. The van der Waals surface area contributed by atoms with Crippen molar-refractivity contribution in [2.45, 2.75) is 13.5 Å². The number of nitrogens with zero attached hydrogens (tertiary/aromatic N) is 1. The molecular weight excluding hydrogens is 304 g/mol. The van der Waals surface area contributed by atoms with Gasteiger partial charge in [-0.15, -0.1) is 0 Å². The van der Waals surface area contributed by atoms with Crippen molar-refractivity contribution in [3.63, 3.8) is 0 Å². The van der Waals surface area contributed by atoms with Gasteiger partial charge in [-0.1, -0.05) is 18.2 Å². The fraction of sp³-hybridized carbons (Fsp3) is 0.111. The zero-order valence-electron chi connectivity index (χ0n) is 13.1. The number of aryl methyl sites for hydroxylation is 1.